The van der Waals surface area contributed by atoms with Gasteiger partial charge in [0.1, 0.15) is 0 Å². The molecule has 1 aromatic heterocycles. The van der Waals surface area contributed by atoms with Crippen molar-refractivity contribution in [3.05, 3.63) is 144 Å². The van der Waals surface area contributed by atoms with E-state index in [1.54, 1.807) is 0 Å². The number of hydrogen-bond donors (Lipinski definition) is 2. The lowest BCUT2D eigenvalue weighted by Gasteiger charge is -2.16. The molecule has 0 aliphatic carbocycles. The molecule has 0 aliphatic rings. The van der Waals surface area contributed by atoms with Crippen LogP contribution in [0.25, 0.3) is 44.9 Å². The van der Waals surface area contributed by atoms with Gasteiger partial charge in [0.05, 0.1) is 16.8 Å². The molecule has 41 heavy (non-hydrogen) atoms. The van der Waals surface area contributed by atoms with E-state index in [0.29, 0.717) is 6.54 Å². The first kappa shape index (κ1) is 26.0. The van der Waals surface area contributed by atoms with Crippen LogP contribution in [0.15, 0.2) is 127 Å². The standard InChI is InChI=1S/C38H31N3/c1-3-12-37-31(4-2)35-25-28(21-24-38(35)41(37)30-13-6-5-7-14-30)32-15-8-9-16-33(32)34-17-10-11-18-36(34)40-29-22-19-27(26-39)20-23-29/h2-3,5-25,40H,26,39H2,1H3/b12-3-. The maximum absolute atomic E-state index is 6.15. The number of terminal acetylenes is 1. The molecule has 0 aliphatic heterocycles. The van der Waals surface area contributed by atoms with Gasteiger partial charge in [-0.1, -0.05) is 90.9 Å². The van der Waals surface area contributed by atoms with E-state index in [1.165, 1.54) is 0 Å². The average Bonchev–Trinajstić information content (AvgIpc) is 3.34. The molecule has 3 nitrogen and oxygen atoms in total. The Balaban J connectivity index is 1.49. The molecule has 3 heteroatoms. The Morgan fingerprint density at radius 1 is 0.780 bits per heavy atom. The van der Waals surface area contributed by atoms with Crippen molar-refractivity contribution >= 4 is 28.4 Å². The number of anilines is 2. The largest absolute Gasteiger partial charge is 0.355 e. The van der Waals surface area contributed by atoms with Gasteiger partial charge in [0.2, 0.25) is 0 Å². The normalized spacial score (nSPS) is 11.1. The molecule has 0 radical (unpaired) electrons. The molecule has 0 saturated carbocycles. The Bertz CT molecular complexity index is 1900. The van der Waals surface area contributed by atoms with Crippen molar-refractivity contribution in [3.63, 3.8) is 0 Å². The number of nitrogens with one attached hydrogen (secondary N) is 1. The Hall–Kier alpha value is -5.30. The first-order valence-corrected chi connectivity index (χ1v) is 13.8. The van der Waals surface area contributed by atoms with Crippen LogP contribution in [0.4, 0.5) is 11.4 Å². The molecule has 0 amide bonds. The summed E-state index contributed by atoms with van der Waals surface area (Å²) < 4.78 is 2.25. The van der Waals surface area contributed by atoms with Crippen molar-refractivity contribution in [2.45, 2.75) is 13.5 Å². The van der Waals surface area contributed by atoms with Crippen LogP contribution < -0.4 is 11.1 Å². The summed E-state index contributed by atoms with van der Waals surface area (Å²) in [6.45, 7) is 2.55. The van der Waals surface area contributed by atoms with Crippen molar-refractivity contribution in [3.8, 4) is 40.3 Å². The molecule has 0 spiro atoms. The van der Waals surface area contributed by atoms with Gasteiger partial charge >= 0.3 is 0 Å². The second-order valence-corrected chi connectivity index (χ2v) is 9.92. The Morgan fingerprint density at radius 3 is 2.17 bits per heavy atom. The Kier molecular flexibility index (Phi) is 7.24. The predicted octanol–water partition coefficient (Wildman–Crippen LogP) is 9.18. The zero-order valence-electron chi connectivity index (χ0n) is 23.0. The smallest absolute Gasteiger partial charge is 0.0621 e. The SMILES string of the molecule is C#Cc1c(/C=C\C)n(-c2ccccc2)c2ccc(-c3ccccc3-c3ccccc3Nc3ccc(CN)cc3)cc12. The summed E-state index contributed by atoms with van der Waals surface area (Å²) in [5.74, 6) is 2.99. The summed E-state index contributed by atoms with van der Waals surface area (Å²) in [6, 6.07) is 42.2. The van der Waals surface area contributed by atoms with E-state index in [4.69, 9.17) is 12.2 Å². The highest BCUT2D eigenvalue weighted by Gasteiger charge is 2.18. The number of para-hydroxylation sites is 2. The molecular formula is C38H31N3. The summed E-state index contributed by atoms with van der Waals surface area (Å²) in [5.41, 5.74) is 17.6. The van der Waals surface area contributed by atoms with E-state index in [-0.39, 0.29) is 0 Å². The lowest BCUT2D eigenvalue weighted by molar-refractivity contribution is 1.07. The van der Waals surface area contributed by atoms with E-state index in [9.17, 15) is 0 Å². The second kappa shape index (κ2) is 11.4. The quantitative estimate of drug-likeness (QED) is 0.202. The van der Waals surface area contributed by atoms with Gasteiger partial charge in [-0.25, -0.2) is 0 Å². The van der Waals surface area contributed by atoms with Crippen molar-refractivity contribution < 1.29 is 0 Å². The molecule has 0 bridgehead atoms. The lowest BCUT2D eigenvalue weighted by Crippen LogP contribution is -1.97. The zero-order valence-corrected chi connectivity index (χ0v) is 23.0. The first-order valence-electron chi connectivity index (χ1n) is 13.8. The van der Waals surface area contributed by atoms with Crippen LogP contribution in [0.5, 0.6) is 0 Å². The fourth-order valence-electron chi connectivity index (χ4n) is 5.48. The molecule has 0 unspecified atom stereocenters. The minimum Gasteiger partial charge on any atom is -0.355 e. The maximum Gasteiger partial charge on any atom is 0.0621 e. The monoisotopic (exact) mass is 529 g/mol. The molecule has 5 aromatic carbocycles. The molecule has 0 saturated heterocycles. The summed E-state index contributed by atoms with van der Waals surface area (Å²) in [7, 11) is 0. The number of aromatic nitrogens is 1. The van der Waals surface area contributed by atoms with Gasteiger partial charge in [-0.3, -0.25) is 0 Å². The number of benzene rings is 5. The molecule has 0 atom stereocenters. The summed E-state index contributed by atoms with van der Waals surface area (Å²) >= 11 is 0. The number of hydrogen-bond acceptors (Lipinski definition) is 2. The van der Waals surface area contributed by atoms with Gasteiger partial charge in [0, 0.05) is 34.6 Å². The van der Waals surface area contributed by atoms with Crippen LogP contribution >= 0.6 is 0 Å². The predicted molar refractivity (Wildman–Crippen MR) is 174 cm³/mol. The van der Waals surface area contributed by atoms with Crippen LogP contribution in [0.1, 0.15) is 23.7 Å². The fourth-order valence-corrected chi connectivity index (χ4v) is 5.48. The molecule has 1 heterocycles. The molecule has 6 aromatic rings. The van der Waals surface area contributed by atoms with Gasteiger partial charge in [0.25, 0.3) is 0 Å². The van der Waals surface area contributed by atoms with Crippen LogP contribution in [-0.4, -0.2) is 4.57 Å². The average molecular weight is 530 g/mol. The summed E-state index contributed by atoms with van der Waals surface area (Å²) in [6.07, 6.45) is 10.3. The van der Waals surface area contributed by atoms with Crippen LogP contribution in [0, 0.1) is 12.3 Å². The minimum atomic E-state index is 0.529. The van der Waals surface area contributed by atoms with Gasteiger partial charge < -0.3 is 15.6 Å². The van der Waals surface area contributed by atoms with Crippen molar-refractivity contribution in [2.75, 3.05) is 5.32 Å². The number of nitrogens with zero attached hydrogens (tertiary/aromatic N) is 1. The van der Waals surface area contributed by atoms with Gasteiger partial charge in [-0.15, -0.1) is 6.42 Å². The van der Waals surface area contributed by atoms with Crippen LogP contribution in [0.2, 0.25) is 0 Å². The molecule has 6 rings (SSSR count). The number of rotatable bonds is 7. The van der Waals surface area contributed by atoms with E-state index in [2.05, 4.69) is 137 Å². The highest BCUT2D eigenvalue weighted by Crippen LogP contribution is 2.39. The summed E-state index contributed by atoms with van der Waals surface area (Å²) in [5, 5.41) is 4.67. The van der Waals surface area contributed by atoms with Crippen LogP contribution in [-0.2, 0) is 6.54 Å². The minimum absolute atomic E-state index is 0.529. The van der Waals surface area contributed by atoms with E-state index < -0.39 is 0 Å². The highest BCUT2D eigenvalue weighted by atomic mass is 15.0. The third-order valence-corrected chi connectivity index (χ3v) is 7.41. The number of fused-ring (bicyclic) bond motifs is 1. The van der Waals surface area contributed by atoms with Crippen molar-refractivity contribution in [1.29, 1.82) is 0 Å². The fraction of sp³-hybridized carbons (Fsp3) is 0.0526. The first-order chi connectivity index (χ1) is 20.2. The van der Waals surface area contributed by atoms with Crippen molar-refractivity contribution in [2.24, 2.45) is 5.73 Å². The third kappa shape index (κ3) is 4.94. The third-order valence-electron chi connectivity index (χ3n) is 7.41. The van der Waals surface area contributed by atoms with Gasteiger partial charge in [0.15, 0.2) is 0 Å². The molecule has 0 fully saturated rings. The topological polar surface area (TPSA) is 43.0 Å². The highest BCUT2D eigenvalue weighted by molar-refractivity contribution is 5.98. The van der Waals surface area contributed by atoms with Gasteiger partial charge in [-0.05, 0) is 77.7 Å². The number of nitrogens with two attached hydrogens (primary N) is 1. The molecule has 198 valence electrons. The molecule has 3 N–H and O–H groups in total. The zero-order chi connectivity index (χ0) is 28.2. The Labute approximate surface area is 241 Å². The molecular weight excluding hydrogens is 498 g/mol. The van der Waals surface area contributed by atoms with E-state index in [0.717, 1.165) is 67.0 Å². The summed E-state index contributed by atoms with van der Waals surface area (Å²) in [4.78, 5) is 0. The maximum atomic E-state index is 6.15. The number of allylic oxidation sites excluding steroid dienone is 1. The van der Waals surface area contributed by atoms with Crippen LogP contribution in [0.3, 0.4) is 0 Å². The van der Waals surface area contributed by atoms with E-state index in [1.807, 2.05) is 19.1 Å². The van der Waals surface area contributed by atoms with Crippen molar-refractivity contribution in [1.82, 2.24) is 4.57 Å². The van der Waals surface area contributed by atoms with E-state index >= 15 is 0 Å². The Morgan fingerprint density at radius 2 is 1.46 bits per heavy atom. The second-order valence-electron chi connectivity index (χ2n) is 9.92. The lowest BCUT2D eigenvalue weighted by atomic mass is 9.92. The van der Waals surface area contributed by atoms with Gasteiger partial charge in [-0.2, -0.15) is 0 Å².